The smallest absolute Gasteiger partial charge is 0.289 e. The van der Waals surface area contributed by atoms with Crippen molar-refractivity contribution in [3.8, 4) is 0 Å². The van der Waals surface area contributed by atoms with Crippen LogP contribution >= 0.6 is 0 Å². The lowest BCUT2D eigenvalue weighted by atomic mass is 10.3. The second kappa shape index (κ2) is 7.58. The number of carbonyl (C=O) groups is 1. The third-order valence-corrected chi connectivity index (χ3v) is 2.49. The third-order valence-electron chi connectivity index (χ3n) is 2.49. The summed E-state index contributed by atoms with van der Waals surface area (Å²) >= 11 is 0. The van der Waals surface area contributed by atoms with Gasteiger partial charge >= 0.3 is 0 Å². The maximum absolute atomic E-state index is 11.6. The average Bonchev–Trinajstić information content (AvgIpc) is 3.26. The van der Waals surface area contributed by atoms with Crippen LogP contribution in [0.5, 0.6) is 0 Å². The van der Waals surface area contributed by atoms with Gasteiger partial charge in [0, 0.05) is 24.4 Å². The van der Waals surface area contributed by atoms with Gasteiger partial charge in [0.15, 0.2) is 0 Å². The second-order valence-electron chi connectivity index (χ2n) is 3.86. The van der Waals surface area contributed by atoms with Gasteiger partial charge in [-0.05, 0) is 25.8 Å². The highest BCUT2D eigenvalue weighted by Gasteiger charge is 2.25. The van der Waals surface area contributed by atoms with Crippen LogP contribution in [0.4, 0.5) is 0 Å². The molecule has 1 aliphatic carbocycles. The molecule has 0 bridgehead atoms. The average molecular weight is 247 g/mol. The molecule has 1 aromatic heterocycles. The van der Waals surface area contributed by atoms with Gasteiger partial charge in [0.1, 0.15) is 0 Å². The summed E-state index contributed by atoms with van der Waals surface area (Å²) in [6, 6.07) is 1.89. The van der Waals surface area contributed by atoms with E-state index in [0.29, 0.717) is 12.5 Å². The Morgan fingerprint density at radius 2 is 2.22 bits per heavy atom. The summed E-state index contributed by atoms with van der Waals surface area (Å²) in [6.45, 7) is 6.43. The van der Waals surface area contributed by atoms with Crippen molar-refractivity contribution in [2.45, 2.75) is 39.5 Å². The summed E-state index contributed by atoms with van der Waals surface area (Å²) in [5.74, 6) is 0.611. The minimum absolute atomic E-state index is 0.208. The van der Waals surface area contributed by atoms with Crippen molar-refractivity contribution < 1.29 is 4.79 Å². The van der Waals surface area contributed by atoms with Crippen molar-refractivity contribution in [3.63, 3.8) is 0 Å². The molecule has 4 nitrogen and oxygen atoms in total. The van der Waals surface area contributed by atoms with Crippen molar-refractivity contribution in [1.82, 2.24) is 15.3 Å². The minimum atomic E-state index is -0.208. The number of amides is 1. The standard InChI is InChI=1S/C12H15N3O.C2H6/c1-2-3-7-14-12(16)11-13-8-6-10(15-11)9-4-5-9;1-2/h2-3,6,8-9H,4-5,7H2,1H3,(H,14,16);1-2H3/b3-2+;. The van der Waals surface area contributed by atoms with Crippen molar-refractivity contribution >= 4 is 5.91 Å². The summed E-state index contributed by atoms with van der Waals surface area (Å²) in [6.07, 6.45) is 7.78. The van der Waals surface area contributed by atoms with E-state index in [1.54, 1.807) is 6.20 Å². The van der Waals surface area contributed by atoms with Gasteiger partial charge in [0.25, 0.3) is 5.91 Å². The molecular formula is C14H21N3O. The zero-order valence-electron chi connectivity index (χ0n) is 11.3. The van der Waals surface area contributed by atoms with Crippen LogP contribution in [0.15, 0.2) is 24.4 Å². The minimum Gasteiger partial charge on any atom is -0.346 e. The number of nitrogens with zero attached hydrogens (tertiary/aromatic N) is 2. The highest BCUT2D eigenvalue weighted by atomic mass is 16.2. The van der Waals surface area contributed by atoms with Crippen LogP contribution in [0.3, 0.4) is 0 Å². The SMILES string of the molecule is C/C=C/CNC(=O)c1nccc(C2CC2)n1.CC. The summed E-state index contributed by atoms with van der Waals surface area (Å²) < 4.78 is 0. The Hall–Kier alpha value is -1.71. The van der Waals surface area contributed by atoms with Crippen LogP contribution < -0.4 is 5.32 Å². The molecule has 0 atom stereocenters. The van der Waals surface area contributed by atoms with E-state index in [1.165, 1.54) is 12.8 Å². The second-order valence-corrected chi connectivity index (χ2v) is 3.86. The molecule has 1 saturated carbocycles. The summed E-state index contributed by atoms with van der Waals surface area (Å²) in [7, 11) is 0. The lowest BCUT2D eigenvalue weighted by Gasteiger charge is -2.02. The Kier molecular flexibility index (Phi) is 6.05. The van der Waals surface area contributed by atoms with Gasteiger partial charge in [0.05, 0.1) is 0 Å². The molecule has 1 aromatic rings. The van der Waals surface area contributed by atoms with Crippen LogP contribution in [0.1, 0.15) is 55.8 Å². The highest BCUT2D eigenvalue weighted by Crippen LogP contribution is 2.38. The van der Waals surface area contributed by atoms with Gasteiger partial charge in [0.2, 0.25) is 5.82 Å². The van der Waals surface area contributed by atoms with E-state index in [1.807, 2.05) is 39.0 Å². The molecule has 1 aliphatic rings. The number of nitrogens with one attached hydrogen (secondary N) is 1. The number of allylic oxidation sites excluding steroid dienone is 1. The van der Waals surface area contributed by atoms with Gasteiger partial charge in [-0.15, -0.1) is 0 Å². The van der Waals surface area contributed by atoms with Crippen molar-refractivity contribution in [2.75, 3.05) is 6.54 Å². The number of rotatable bonds is 4. The molecule has 0 aliphatic heterocycles. The molecule has 1 amide bonds. The molecule has 2 rings (SSSR count). The molecule has 0 aromatic carbocycles. The van der Waals surface area contributed by atoms with E-state index < -0.39 is 0 Å². The van der Waals surface area contributed by atoms with Crippen LogP contribution in [0.2, 0.25) is 0 Å². The zero-order valence-corrected chi connectivity index (χ0v) is 11.3. The van der Waals surface area contributed by atoms with Gasteiger partial charge in [-0.2, -0.15) is 0 Å². The number of carbonyl (C=O) groups excluding carboxylic acids is 1. The molecule has 4 heteroatoms. The largest absolute Gasteiger partial charge is 0.346 e. The maximum Gasteiger partial charge on any atom is 0.289 e. The maximum atomic E-state index is 11.6. The lowest BCUT2D eigenvalue weighted by molar-refractivity contribution is 0.0947. The number of hydrogen-bond donors (Lipinski definition) is 1. The topological polar surface area (TPSA) is 54.9 Å². The Labute approximate surface area is 109 Å². The summed E-state index contributed by atoms with van der Waals surface area (Å²) in [5, 5.41) is 2.74. The Morgan fingerprint density at radius 1 is 1.50 bits per heavy atom. The monoisotopic (exact) mass is 247 g/mol. The molecule has 0 spiro atoms. The van der Waals surface area contributed by atoms with Gasteiger partial charge in [-0.3, -0.25) is 4.79 Å². The zero-order chi connectivity index (χ0) is 13.4. The fourth-order valence-corrected chi connectivity index (χ4v) is 1.44. The summed E-state index contributed by atoms with van der Waals surface area (Å²) in [4.78, 5) is 19.9. The fourth-order valence-electron chi connectivity index (χ4n) is 1.44. The molecule has 0 saturated heterocycles. The van der Waals surface area contributed by atoms with Gasteiger partial charge < -0.3 is 5.32 Å². The van der Waals surface area contributed by atoms with Crippen molar-refractivity contribution in [3.05, 3.63) is 35.9 Å². The van der Waals surface area contributed by atoms with E-state index in [-0.39, 0.29) is 11.7 Å². The molecule has 1 N–H and O–H groups in total. The van der Waals surface area contributed by atoms with Crippen LogP contribution in [-0.2, 0) is 0 Å². The van der Waals surface area contributed by atoms with E-state index in [2.05, 4.69) is 15.3 Å². The van der Waals surface area contributed by atoms with Gasteiger partial charge in [-0.1, -0.05) is 26.0 Å². The van der Waals surface area contributed by atoms with Gasteiger partial charge in [-0.25, -0.2) is 9.97 Å². The first-order valence-electron chi connectivity index (χ1n) is 6.53. The van der Waals surface area contributed by atoms with E-state index >= 15 is 0 Å². The molecule has 0 radical (unpaired) electrons. The Balaban J connectivity index is 0.000000771. The first-order valence-corrected chi connectivity index (χ1v) is 6.53. The molecular weight excluding hydrogens is 226 g/mol. The Morgan fingerprint density at radius 3 is 2.83 bits per heavy atom. The predicted octanol–water partition coefficient (Wildman–Crippen LogP) is 2.69. The molecule has 18 heavy (non-hydrogen) atoms. The highest BCUT2D eigenvalue weighted by molar-refractivity contribution is 5.90. The van der Waals surface area contributed by atoms with Crippen LogP contribution in [-0.4, -0.2) is 22.4 Å². The van der Waals surface area contributed by atoms with E-state index in [0.717, 1.165) is 5.69 Å². The van der Waals surface area contributed by atoms with Crippen molar-refractivity contribution in [1.29, 1.82) is 0 Å². The molecule has 98 valence electrons. The van der Waals surface area contributed by atoms with E-state index in [4.69, 9.17) is 0 Å². The lowest BCUT2D eigenvalue weighted by Crippen LogP contribution is -2.25. The fraction of sp³-hybridized carbons (Fsp3) is 0.500. The first kappa shape index (κ1) is 14.4. The molecule has 1 fully saturated rings. The quantitative estimate of drug-likeness (QED) is 0.832. The number of hydrogen-bond acceptors (Lipinski definition) is 3. The predicted molar refractivity (Wildman–Crippen MR) is 72.5 cm³/mol. The first-order chi connectivity index (χ1) is 8.81. The molecule has 0 unspecified atom stereocenters. The Bertz CT molecular complexity index is 411. The molecule has 1 heterocycles. The van der Waals surface area contributed by atoms with Crippen LogP contribution in [0.25, 0.3) is 0 Å². The third kappa shape index (κ3) is 4.28. The summed E-state index contributed by atoms with van der Waals surface area (Å²) in [5.41, 5.74) is 0.992. The normalized spacial score (nSPS) is 13.9. The number of aromatic nitrogens is 2. The van der Waals surface area contributed by atoms with Crippen LogP contribution in [0, 0.1) is 0 Å². The van der Waals surface area contributed by atoms with E-state index in [9.17, 15) is 4.79 Å². The van der Waals surface area contributed by atoms with Crippen molar-refractivity contribution in [2.24, 2.45) is 0 Å².